The van der Waals surface area contributed by atoms with E-state index in [4.69, 9.17) is 15.2 Å². The van der Waals surface area contributed by atoms with Crippen LogP contribution in [0.15, 0.2) is 18.2 Å². The molecule has 4 heterocycles. The van der Waals surface area contributed by atoms with Crippen molar-refractivity contribution in [3.63, 3.8) is 0 Å². The van der Waals surface area contributed by atoms with E-state index in [1.165, 1.54) is 11.0 Å². The number of ether oxygens (including phenoxy) is 2. The number of carbonyl (C=O) groups excluding carboxylic acids is 3. The summed E-state index contributed by atoms with van der Waals surface area (Å²) < 4.78 is 26.4. The topological polar surface area (TPSA) is 117 Å². The molecule has 0 spiro atoms. The van der Waals surface area contributed by atoms with Crippen molar-refractivity contribution in [2.45, 2.75) is 88.7 Å². The third-order valence-electron chi connectivity index (χ3n) is 9.62. The molecule has 11 heteroatoms. The summed E-state index contributed by atoms with van der Waals surface area (Å²) in [5, 5.41) is 2.73. The number of benzene rings is 1. The lowest BCUT2D eigenvalue weighted by molar-refractivity contribution is -0.132. The Kier molecular flexibility index (Phi) is 7.38. The summed E-state index contributed by atoms with van der Waals surface area (Å²) in [4.78, 5) is 45.1. The Bertz CT molecular complexity index is 1200. The van der Waals surface area contributed by atoms with Gasteiger partial charge >= 0.3 is 6.09 Å². The zero-order chi connectivity index (χ0) is 29.1. The highest BCUT2D eigenvalue weighted by molar-refractivity contribution is 5.91. The predicted octanol–water partition coefficient (Wildman–Crippen LogP) is 2.04. The minimum Gasteiger partial charge on any atom is -0.444 e. The van der Waals surface area contributed by atoms with Crippen LogP contribution in [0.1, 0.15) is 52.0 Å². The van der Waals surface area contributed by atoms with Crippen LogP contribution in [0, 0.1) is 17.7 Å². The highest BCUT2D eigenvalue weighted by Gasteiger charge is 2.53. The lowest BCUT2D eigenvalue weighted by Gasteiger charge is -2.38. The number of anilines is 1. The Morgan fingerprint density at radius 3 is 2.56 bits per heavy atom. The summed E-state index contributed by atoms with van der Waals surface area (Å²) in [6, 6.07) is 4.15. The molecule has 6 rings (SSSR count). The molecule has 5 aliphatic rings. The van der Waals surface area contributed by atoms with E-state index >= 15 is 4.39 Å². The molecule has 2 unspecified atom stereocenters. The van der Waals surface area contributed by atoms with E-state index in [0.29, 0.717) is 23.6 Å². The van der Waals surface area contributed by atoms with E-state index < -0.39 is 41.4 Å². The van der Waals surface area contributed by atoms with Crippen molar-refractivity contribution in [2.24, 2.45) is 17.6 Å². The molecule has 3 N–H and O–H groups in total. The number of primary amides is 1. The molecule has 1 aliphatic carbocycles. The van der Waals surface area contributed by atoms with Crippen molar-refractivity contribution in [2.75, 3.05) is 37.7 Å². The quantitative estimate of drug-likeness (QED) is 0.514. The van der Waals surface area contributed by atoms with Gasteiger partial charge in [-0.15, -0.1) is 0 Å². The van der Waals surface area contributed by atoms with Gasteiger partial charge in [0.05, 0.1) is 19.3 Å². The summed E-state index contributed by atoms with van der Waals surface area (Å²) in [6.07, 6.45) is 2.91. The average molecular weight is 572 g/mol. The third kappa shape index (κ3) is 5.50. The molecule has 1 aromatic carbocycles. The molecular weight excluding hydrogens is 529 g/mol. The molecule has 5 fully saturated rings. The molecule has 0 aromatic heterocycles. The molecule has 4 aliphatic heterocycles. The number of nitrogens with one attached hydrogen (secondary N) is 1. The zero-order valence-corrected chi connectivity index (χ0v) is 24.2. The maximum atomic E-state index is 15.4. The van der Waals surface area contributed by atoms with Gasteiger partial charge < -0.3 is 25.4 Å². The molecular formula is C30H42FN5O5. The first-order chi connectivity index (χ1) is 19.5. The van der Waals surface area contributed by atoms with E-state index in [0.717, 1.165) is 64.2 Å². The Hall–Kier alpha value is -2.92. The summed E-state index contributed by atoms with van der Waals surface area (Å²) in [5.41, 5.74) is 6.10. The number of likely N-dealkylation sites (tertiary alicyclic amines) is 2. The molecule has 4 saturated heterocycles. The summed E-state index contributed by atoms with van der Waals surface area (Å²) in [6.45, 7) is 9.80. The molecule has 3 amide bonds. The lowest BCUT2D eigenvalue weighted by atomic mass is 9.97. The van der Waals surface area contributed by atoms with E-state index in [9.17, 15) is 14.4 Å². The van der Waals surface area contributed by atoms with Crippen LogP contribution >= 0.6 is 0 Å². The monoisotopic (exact) mass is 571 g/mol. The Labute approximate surface area is 240 Å². The number of hydrogen-bond acceptors (Lipinski definition) is 7. The minimum absolute atomic E-state index is 0.00948. The van der Waals surface area contributed by atoms with Crippen LogP contribution in [0.3, 0.4) is 0 Å². The summed E-state index contributed by atoms with van der Waals surface area (Å²) in [7, 11) is 0. The van der Waals surface area contributed by atoms with Crippen LogP contribution in [-0.2, 0) is 25.5 Å². The first-order valence-corrected chi connectivity index (χ1v) is 15.0. The molecule has 2 bridgehead atoms. The average Bonchev–Trinajstić information content (AvgIpc) is 3.64. The zero-order valence-electron chi connectivity index (χ0n) is 24.2. The van der Waals surface area contributed by atoms with Gasteiger partial charge in [-0.3, -0.25) is 19.4 Å². The van der Waals surface area contributed by atoms with Crippen molar-refractivity contribution < 1.29 is 28.2 Å². The smallest absolute Gasteiger partial charge is 0.411 e. The molecule has 1 saturated carbocycles. The number of nitrogens with two attached hydrogens (primary N) is 1. The standard InChI is InChI=1S/C30H42FN5O5/c1-30(2,3)41-29(39)36-21-7-5-18(10-21)26(36)28(38)33-24(27(32)37)11-17-4-6-20(12-23(17)31)34-13-19-8-9-35(25(19)14-34)22-15-40-16-22/h4,6,12,18-19,21-22,24-26H,5,7-11,13-16H2,1-3H3,(H2,32,37)(H,33,38)/t18-,19?,21+,24-,25?,26-/m0/s1. The van der Waals surface area contributed by atoms with Crippen LogP contribution in [0.25, 0.3) is 0 Å². The predicted molar refractivity (Wildman–Crippen MR) is 150 cm³/mol. The molecule has 6 atom stereocenters. The Balaban J connectivity index is 1.11. The van der Waals surface area contributed by atoms with Gasteiger partial charge in [0, 0.05) is 37.3 Å². The Morgan fingerprint density at radius 2 is 1.90 bits per heavy atom. The van der Waals surface area contributed by atoms with Gasteiger partial charge in [-0.05, 0) is 82.5 Å². The second-order valence-corrected chi connectivity index (χ2v) is 13.5. The fourth-order valence-electron chi connectivity index (χ4n) is 7.57. The molecule has 224 valence electrons. The largest absolute Gasteiger partial charge is 0.444 e. The normalized spacial score (nSPS) is 30.3. The first kappa shape index (κ1) is 28.2. The van der Waals surface area contributed by atoms with Crippen molar-refractivity contribution in [3.8, 4) is 0 Å². The van der Waals surface area contributed by atoms with Crippen molar-refractivity contribution in [3.05, 3.63) is 29.6 Å². The first-order valence-electron chi connectivity index (χ1n) is 15.0. The fraction of sp³-hybridized carbons (Fsp3) is 0.700. The van der Waals surface area contributed by atoms with Crippen LogP contribution in [0.4, 0.5) is 14.9 Å². The van der Waals surface area contributed by atoms with Crippen LogP contribution in [-0.4, -0.2) is 96.4 Å². The van der Waals surface area contributed by atoms with Gasteiger partial charge in [0.1, 0.15) is 23.5 Å². The Morgan fingerprint density at radius 1 is 1.12 bits per heavy atom. The second kappa shape index (κ2) is 10.7. The minimum atomic E-state index is -1.10. The van der Waals surface area contributed by atoms with E-state index in [1.54, 1.807) is 26.8 Å². The number of rotatable bonds is 7. The van der Waals surface area contributed by atoms with E-state index in [2.05, 4.69) is 15.1 Å². The van der Waals surface area contributed by atoms with Crippen LogP contribution in [0.2, 0.25) is 0 Å². The summed E-state index contributed by atoms with van der Waals surface area (Å²) >= 11 is 0. The number of amides is 3. The number of nitrogens with zero attached hydrogens (tertiary/aromatic N) is 3. The van der Waals surface area contributed by atoms with Gasteiger partial charge in [-0.1, -0.05) is 6.07 Å². The van der Waals surface area contributed by atoms with Crippen molar-refractivity contribution in [1.82, 2.24) is 15.1 Å². The fourth-order valence-corrected chi connectivity index (χ4v) is 7.57. The molecule has 10 nitrogen and oxygen atoms in total. The van der Waals surface area contributed by atoms with Gasteiger partial charge in [-0.2, -0.15) is 0 Å². The third-order valence-corrected chi connectivity index (χ3v) is 9.62. The number of halogens is 1. The summed E-state index contributed by atoms with van der Waals surface area (Å²) in [5.74, 6) is -1.07. The van der Waals surface area contributed by atoms with Crippen LogP contribution < -0.4 is 16.0 Å². The second-order valence-electron chi connectivity index (χ2n) is 13.5. The van der Waals surface area contributed by atoms with Crippen LogP contribution in [0.5, 0.6) is 0 Å². The van der Waals surface area contributed by atoms with Crippen molar-refractivity contribution in [1.29, 1.82) is 0 Å². The SMILES string of the molecule is CC(C)(C)OC(=O)N1[C@@H]2CC[C@@H](C2)[C@H]1C(=O)N[C@@H](Cc1ccc(N2CC3CCN(C4COC4)C3C2)cc1F)C(N)=O. The van der Waals surface area contributed by atoms with E-state index in [-0.39, 0.29) is 18.4 Å². The number of carbonyl (C=O) groups is 3. The van der Waals surface area contributed by atoms with E-state index in [1.807, 2.05) is 6.07 Å². The highest BCUT2D eigenvalue weighted by Crippen LogP contribution is 2.43. The molecule has 1 aromatic rings. The highest BCUT2D eigenvalue weighted by atomic mass is 19.1. The van der Waals surface area contributed by atoms with Gasteiger partial charge in [0.2, 0.25) is 11.8 Å². The maximum Gasteiger partial charge on any atom is 0.411 e. The number of piperidine rings is 1. The van der Waals surface area contributed by atoms with Gasteiger partial charge in [0.25, 0.3) is 0 Å². The van der Waals surface area contributed by atoms with Gasteiger partial charge in [-0.25, -0.2) is 9.18 Å². The number of hydrogen-bond donors (Lipinski definition) is 2. The maximum absolute atomic E-state index is 15.4. The molecule has 41 heavy (non-hydrogen) atoms. The van der Waals surface area contributed by atoms with Gasteiger partial charge in [0.15, 0.2) is 0 Å². The number of fused-ring (bicyclic) bond motifs is 3. The molecule has 0 radical (unpaired) electrons. The lowest BCUT2D eigenvalue weighted by Crippen LogP contribution is -2.57. The van der Waals surface area contributed by atoms with Crippen molar-refractivity contribution >= 4 is 23.6 Å².